The summed E-state index contributed by atoms with van der Waals surface area (Å²) in [5.41, 5.74) is 7.89. The number of anilines is 1. The largest absolute Gasteiger partial charge is 0.394 e. The van der Waals surface area contributed by atoms with Crippen molar-refractivity contribution in [2.75, 3.05) is 12.3 Å². The predicted molar refractivity (Wildman–Crippen MR) is 44.3 cm³/mol. The number of nitrogens with one attached hydrogen (secondary N) is 1. The van der Waals surface area contributed by atoms with Gasteiger partial charge in [0.25, 0.3) is 0 Å². The highest BCUT2D eigenvalue weighted by Crippen LogP contribution is 2.20. The fourth-order valence-corrected chi connectivity index (χ4v) is 1.47. The number of aliphatic hydroxyl groups is 1. The van der Waals surface area contributed by atoms with Crippen LogP contribution in [-0.2, 0) is 19.6 Å². The minimum absolute atomic E-state index is 0.0815. The summed E-state index contributed by atoms with van der Waals surface area (Å²) >= 11 is 0. The van der Waals surface area contributed by atoms with Gasteiger partial charge in [0.15, 0.2) is 0 Å². The maximum absolute atomic E-state index is 8.70. The van der Waals surface area contributed by atoms with Gasteiger partial charge in [0.05, 0.1) is 18.8 Å². The number of nitrogen functional groups attached to an aromatic ring is 1. The molecule has 1 aromatic rings. The van der Waals surface area contributed by atoms with Crippen molar-refractivity contribution in [3.63, 3.8) is 0 Å². The van der Waals surface area contributed by atoms with Gasteiger partial charge in [0.2, 0.25) is 0 Å². The zero-order chi connectivity index (χ0) is 8.55. The molecule has 0 aliphatic carbocycles. The summed E-state index contributed by atoms with van der Waals surface area (Å²) in [4.78, 5) is 0. The summed E-state index contributed by atoms with van der Waals surface area (Å²) < 4.78 is 1.66. The molecule has 0 atom stereocenters. The molecule has 5 nitrogen and oxygen atoms in total. The van der Waals surface area contributed by atoms with E-state index in [0.29, 0.717) is 12.4 Å². The number of hydrogen-bond donors (Lipinski definition) is 3. The van der Waals surface area contributed by atoms with Crippen molar-refractivity contribution in [3.8, 4) is 0 Å². The Morgan fingerprint density at radius 1 is 1.58 bits per heavy atom. The van der Waals surface area contributed by atoms with Gasteiger partial charge < -0.3 is 16.2 Å². The van der Waals surface area contributed by atoms with E-state index in [1.54, 1.807) is 4.68 Å². The van der Waals surface area contributed by atoms with Crippen molar-refractivity contribution in [3.05, 3.63) is 11.3 Å². The molecule has 0 aromatic carbocycles. The Bertz CT molecular complexity index is 294. The quantitative estimate of drug-likeness (QED) is 0.532. The number of aromatic nitrogens is 2. The van der Waals surface area contributed by atoms with Crippen LogP contribution in [0.3, 0.4) is 0 Å². The van der Waals surface area contributed by atoms with Gasteiger partial charge >= 0.3 is 0 Å². The lowest BCUT2D eigenvalue weighted by atomic mass is 10.3. The monoisotopic (exact) mass is 168 g/mol. The van der Waals surface area contributed by atoms with E-state index in [1.807, 2.05) is 0 Å². The van der Waals surface area contributed by atoms with E-state index in [0.717, 1.165) is 24.3 Å². The minimum atomic E-state index is 0.0815. The van der Waals surface area contributed by atoms with Gasteiger partial charge in [-0.25, -0.2) is 4.68 Å². The third-order valence-corrected chi connectivity index (χ3v) is 2.08. The third-order valence-electron chi connectivity index (χ3n) is 2.08. The highest BCUT2D eigenvalue weighted by atomic mass is 16.3. The second kappa shape index (κ2) is 2.76. The highest BCUT2D eigenvalue weighted by Gasteiger charge is 2.19. The molecule has 2 heterocycles. The molecular formula is C7H12N4O. The van der Waals surface area contributed by atoms with E-state index in [1.165, 1.54) is 0 Å². The molecule has 0 unspecified atom stereocenters. The van der Waals surface area contributed by atoms with Gasteiger partial charge in [-0.05, 0) is 0 Å². The lowest BCUT2D eigenvalue weighted by molar-refractivity contribution is 0.270. The summed E-state index contributed by atoms with van der Waals surface area (Å²) in [6.45, 7) is 2.15. The molecule has 1 aromatic heterocycles. The SMILES string of the molecule is Nc1c2c(nn1CCO)CNC2. The molecule has 0 saturated carbocycles. The highest BCUT2D eigenvalue weighted by molar-refractivity contribution is 5.45. The Balaban J connectivity index is 2.34. The molecule has 12 heavy (non-hydrogen) atoms. The molecule has 0 saturated heterocycles. The lowest BCUT2D eigenvalue weighted by Gasteiger charge is -2.01. The van der Waals surface area contributed by atoms with Crippen molar-refractivity contribution in [1.82, 2.24) is 15.1 Å². The summed E-state index contributed by atoms with van der Waals surface area (Å²) in [7, 11) is 0. The second-order valence-corrected chi connectivity index (χ2v) is 2.86. The van der Waals surface area contributed by atoms with Crippen molar-refractivity contribution in [2.45, 2.75) is 19.6 Å². The average Bonchev–Trinajstić information content (AvgIpc) is 2.58. The first kappa shape index (κ1) is 7.57. The van der Waals surface area contributed by atoms with Gasteiger partial charge in [0.1, 0.15) is 5.82 Å². The topological polar surface area (TPSA) is 76.1 Å². The third kappa shape index (κ3) is 0.981. The number of nitrogens with zero attached hydrogens (tertiary/aromatic N) is 2. The average molecular weight is 168 g/mol. The Morgan fingerprint density at radius 2 is 2.42 bits per heavy atom. The molecule has 0 fully saturated rings. The molecule has 1 aliphatic heterocycles. The van der Waals surface area contributed by atoms with E-state index in [-0.39, 0.29) is 6.61 Å². The Kier molecular flexibility index (Phi) is 1.74. The maximum atomic E-state index is 8.70. The maximum Gasteiger partial charge on any atom is 0.126 e. The first-order chi connectivity index (χ1) is 5.83. The van der Waals surface area contributed by atoms with Crippen LogP contribution in [0.25, 0.3) is 0 Å². The first-order valence-electron chi connectivity index (χ1n) is 3.98. The number of hydrogen-bond acceptors (Lipinski definition) is 4. The number of fused-ring (bicyclic) bond motifs is 1. The van der Waals surface area contributed by atoms with Crippen LogP contribution in [0.1, 0.15) is 11.3 Å². The van der Waals surface area contributed by atoms with E-state index in [9.17, 15) is 0 Å². The molecular weight excluding hydrogens is 156 g/mol. The van der Waals surface area contributed by atoms with Crippen molar-refractivity contribution >= 4 is 5.82 Å². The second-order valence-electron chi connectivity index (χ2n) is 2.86. The molecule has 2 rings (SSSR count). The van der Waals surface area contributed by atoms with Crippen LogP contribution >= 0.6 is 0 Å². The molecule has 1 aliphatic rings. The molecule has 0 bridgehead atoms. The van der Waals surface area contributed by atoms with Crippen LogP contribution in [0.4, 0.5) is 5.82 Å². The molecule has 5 heteroatoms. The smallest absolute Gasteiger partial charge is 0.126 e. The fourth-order valence-electron chi connectivity index (χ4n) is 1.47. The van der Waals surface area contributed by atoms with Gasteiger partial charge in [-0.2, -0.15) is 5.10 Å². The van der Waals surface area contributed by atoms with E-state index in [4.69, 9.17) is 10.8 Å². The Morgan fingerprint density at radius 3 is 3.08 bits per heavy atom. The van der Waals surface area contributed by atoms with Gasteiger partial charge in [-0.3, -0.25) is 0 Å². The van der Waals surface area contributed by atoms with E-state index >= 15 is 0 Å². The van der Waals surface area contributed by atoms with Crippen LogP contribution in [0.2, 0.25) is 0 Å². The molecule has 0 radical (unpaired) electrons. The predicted octanol–water partition coefficient (Wildman–Crippen LogP) is -0.939. The number of nitrogens with two attached hydrogens (primary N) is 1. The Labute approximate surface area is 70.2 Å². The molecule has 0 amide bonds. The van der Waals surface area contributed by atoms with Crippen LogP contribution in [0.15, 0.2) is 0 Å². The fraction of sp³-hybridized carbons (Fsp3) is 0.571. The van der Waals surface area contributed by atoms with E-state index < -0.39 is 0 Å². The normalized spacial score (nSPS) is 15.1. The lowest BCUT2D eigenvalue weighted by Crippen LogP contribution is -2.11. The van der Waals surface area contributed by atoms with Crippen LogP contribution in [0.5, 0.6) is 0 Å². The van der Waals surface area contributed by atoms with E-state index in [2.05, 4.69) is 10.4 Å². The minimum Gasteiger partial charge on any atom is -0.394 e. The van der Waals surface area contributed by atoms with Crippen molar-refractivity contribution in [2.24, 2.45) is 0 Å². The number of aliphatic hydroxyl groups excluding tert-OH is 1. The number of rotatable bonds is 2. The molecule has 4 N–H and O–H groups in total. The summed E-state index contributed by atoms with van der Waals surface area (Å²) in [6.07, 6.45) is 0. The summed E-state index contributed by atoms with van der Waals surface area (Å²) in [5, 5.41) is 16.1. The van der Waals surface area contributed by atoms with Gasteiger partial charge in [-0.15, -0.1) is 0 Å². The Hall–Kier alpha value is -1.07. The van der Waals surface area contributed by atoms with Crippen LogP contribution in [0, 0.1) is 0 Å². The molecule has 0 spiro atoms. The first-order valence-corrected chi connectivity index (χ1v) is 3.98. The zero-order valence-corrected chi connectivity index (χ0v) is 6.75. The summed E-state index contributed by atoms with van der Waals surface area (Å²) in [5.74, 6) is 0.684. The standard InChI is InChI=1S/C7H12N4O/c8-7-5-3-9-4-6(5)10-11(7)1-2-12/h9,12H,1-4,8H2. The van der Waals surface area contributed by atoms with Crippen LogP contribution in [-0.4, -0.2) is 21.5 Å². The van der Waals surface area contributed by atoms with Crippen molar-refractivity contribution < 1.29 is 5.11 Å². The molecule has 66 valence electrons. The van der Waals surface area contributed by atoms with Gasteiger partial charge in [0, 0.05) is 18.7 Å². The summed E-state index contributed by atoms with van der Waals surface area (Å²) in [6, 6.07) is 0. The zero-order valence-electron chi connectivity index (χ0n) is 6.75. The van der Waals surface area contributed by atoms with Crippen molar-refractivity contribution in [1.29, 1.82) is 0 Å². The van der Waals surface area contributed by atoms with Gasteiger partial charge in [-0.1, -0.05) is 0 Å². The van der Waals surface area contributed by atoms with Crippen LogP contribution < -0.4 is 11.1 Å².